The number of rotatable bonds is 4. The number of halogens is 2. The average molecular weight is 276 g/mol. The summed E-state index contributed by atoms with van der Waals surface area (Å²) >= 11 is 3.16. The second-order valence-electron chi connectivity index (χ2n) is 3.59. The Morgan fingerprint density at radius 1 is 1.53 bits per heavy atom. The van der Waals surface area contributed by atoms with Crippen LogP contribution in [0.3, 0.4) is 0 Å². The summed E-state index contributed by atoms with van der Waals surface area (Å²) in [7, 11) is 0. The zero-order valence-electron chi connectivity index (χ0n) is 8.58. The van der Waals surface area contributed by atoms with Gasteiger partial charge < -0.3 is 10.8 Å². The van der Waals surface area contributed by atoms with Crippen LogP contribution in [0.25, 0.3) is 0 Å². The van der Waals surface area contributed by atoms with Crippen LogP contribution in [0.5, 0.6) is 0 Å². The minimum atomic E-state index is -0.826. The average Bonchev–Trinajstić information content (AvgIpc) is 2.17. The van der Waals surface area contributed by atoms with Crippen molar-refractivity contribution in [2.45, 2.75) is 31.9 Å². The molecule has 0 aliphatic rings. The van der Waals surface area contributed by atoms with E-state index in [1.54, 1.807) is 12.1 Å². The van der Waals surface area contributed by atoms with E-state index in [0.29, 0.717) is 16.5 Å². The number of aliphatic hydroxyl groups is 1. The fourth-order valence-electron chi connectivity index (χ4n) is 1.35. The maximum Gasteiger partial charge on any atom is 0.130 e. The van der Waals surface area contributed by atoms with Gasteiger partial charge in [0.1, 0.15) is 5.82 Å². The summed E-state index contributed by atoms with van der Waals surface area (Å²) in [6.45, 7) is 1.94. The predicted octanol–water partition coefficient (Wildman–Crippen LogP) is 2.75. The van der Waals surface area contributed by atoms with E-state index in [9.17, 15) is 9.50 Å². The van der Waals surface area contributed by atoms with E-state index in [0.717, 1.165) is 6.42 Å². The summed E-state index contributed by atoms with van der Waals surface area (Å²) < 4.78 is 14.1. The molecule has 0 saturated heterocycles. The Labute approximate surface area is 97.4 Å². The van der Waals surface area contributed by atoms with E-state index in [1.807, 2.05) is 6.92 Å². The van der Waals surface area contributed by atoms with Gasteiger partial charge in [-0.3, -0.25) is 0 Å². The van der Waals surface area contributed by atoms with Crippen LogP contribution < -0.4 is 5.73 Å². The lowest BCUT2D eigenvalue weighted by Gasteiger charge is -2.16. The Morgan fingerprint density at radius 3 is 2.73 bits per heavy atom. The zero-order chi connectivity index (χ0) is 11.4. The van der Waals surface area contributed by atoms with Gasteiger partial charge in [0.05, 0.1) is 6.10 Å². The van der Waals surface area contributed by atoms with Crippen molar-refractivity contribution >= 4 is 15.9 Å². The highest BCUT2D eigenvalue weighted by molar-refractivity contribution is 9.10. The Kier molecular flexibility index (Phi) is 4.70. The predicted molar refractivity (Wildman–Crippen MR) is 61.9 cm³/mol. The molecule has 84 valence electrons. The van der Waals surface area contributed by atoms with E-state index in [4.69, 9.17) is 5.73 Å². The second-order valence-corrected chi connectivity index (χ2v) is 4.50. The van der Waals surface area contributed by atoms with Gasteiger partial charge in [-0.15, -0.1) is 0 Å². The van der Waals surface area contributed by atoms with Gasteiger partial charge in [0.2, 0.25) is 0 Å². The van der Waals surface area contributed by atoms with E-state index in [-0.39, 0.29) is 6.04 Å². The first-order valence-electron chi connectivity index (χ1n) is 4.93. The molecule has 0 bridgehead atoms. The van der Waals surface area contributed by atoms with Crippen molar-refractivity contribution in [2.24, 2.45) is 5.73 Å². The summed E-state index contributed by atoms with van der Waals surface area (Å²) in [6.07, 6.45) is 0.331. The van der Waals surface area contributed by atoms with E-state index < -0.39 is 11.9 Å². The normalized spacial score (nSPS) is 15.0. The Bertz CT molecular complexity index is 332. The Balaban J connectivity index is 2.77. The SMILES string of the molecule is CCC(N)CC(O)c1ccc(Br)cc1F. The molecule has 1 aromatic carbocycles. The summed E-state index contributed by atoms with van der Waals surface area (Å²) in [5, 5.41) is 9.76. The third-order valence-electron chi connectivity index (χ3n) is 2.37. The molecule has 0 radical (unpaired) electrons. The molecule has 2 unspecified atom stereocenters. The van der Waals surface area contributed by atoms with Gasteiger partial charge in [0.15, 0.2) is 0 Å². The zero-order valence-corrected chi connectivity index (χ0v) is 10.2. The lowest BCUT2D eigenvalue weighted by Crippen LogP contribution is -2.22. The van der Waals surface area contributed by atoms with Crippen LogP contribution in [0.1, 0.15) is 31.4 Å². The smallest absolute Gasteiger partial charge is 0.130 e. The number of benzene rings is 1. The van der Waals surface area contributed by atoms with E-state index in [2.05, 4.69) is 15.9 Å². The van der Waals surface area contributed by atoms with Gasteiger partial charge in [0.25, 0.3) is 0 Å². The molecule has 1 aromatic rings. The highest BCUT2D eigenvalue weighted by Crippen LogP contribution is 2.24. The highest BCUT2D eigenvalue weighted by Gasteiger charge is 2.15. The molecular weight excluding hydrogens is 261 g/mol. The molecule has 1 rings (SSSR count). The van der Waals surface area contributed by atoms with Crippen LogP contribution >= 0.6 is 15.9 Å². The van der Waals surface area contributed by atoms with E-state index in [1.165, 1.54) is 6.07 Å². The molecular formula is C11H15BrFNO. The molecule has 2 atom stereocenters. The van der Waals surface area contributed by atoms with E-state index >= 15 is 0 Å². The Morgan fingerprint density at radius 2 is 2.20 bits per heavy atom. The summed E-state index contributed by atoms with van der Waals surface area (Å²) in [5.41, 5.74) is 6.01. The molecule has 0 heterocycles. The van der Waals surface area contributed by atoms with Crippen LogP contribution in [-0.4, -0.2) is 11.1 Å². The molecule has 0 aliphatic heterocycles. The first kappa shape index (κ1) is 12.6. The van der Waals surface area contributed by atoms with Crippen molar-refractivity contribution in [3.05, 3.63) is 34.1 Å². The fourth-order valence-corrected chi connectivity index (χ4v) is 1.69. The molecule has 0 saturated carbocycles. The topological polar surface area (TPSA) is 46.2 Å². The summed E-state index contributed by atoms with van der Waals surface area (Å²) in [4.78, 5) is 0. The molecule has 0 fully saturated rings. The number of aliphatic hydroxyl groups excluding tert-OH is 1. The molecule has 3 N–H and O–H groups in total. The van der Waals surface area contributed by atoms with Crippen molar-refractivity contribution in [3.8, 4) is 0 Å². The second kappa shape index (κ2) is 5.58. The van der Waals surface area contributed by atoms with Gasteiger partial charge in [-0.25, -0.2) is 4.39 Å². The molecule has 0 amide bonds. The molecule has 15 heavy (non-hydrogen) atoms. The van der Waals surface area contributed by atoms with Gasteiger partial charge in [-0.05, 0) is 25.0 Å². The third kappa shape index (κ3) is 3.55. The lowest BCUT2D eigenvalue weighted by molar-refractivity contribution is 0.153. The van der Waals surface area contributed by atoms with Gasteiger partial charge >= 0.3 is 0 Å². The minimum Gasteiger partial charge on any atom is -0.388 e. The largest absolute Gasteiger partial charge is 0.388 e. The van der Waals surface area contributed by atoms with Gasteiger partial charge in [-0.2, -0.15) is 0 Å². The molecule has 0 aromatic heterocycles. The quantitative estimate of drug-likeness (QED) is 0.888. The number of nitrogens with two attached hydrogens (primary N) is 1. The highest BCUT2D eigenvalue weighted by atomic mass is 79.9. The van der Waals surface area contributed by atoms with Crippen molar-refractivity contribution in [2.75, 3.05) is 0 Å². The third-order valence-corrected chi connectivity index (χ3v) is 2.87. The van der Waals surface area contributed by atoms with Crippen molar-refractivity contribution < 1.29 is 9.50 Å². The number of hydrogen-bond acceptors (Lipinski definition) is 2. The first-order chi connectivity index (χ1) is 7.04. The van der Waals surface area contributed by atoms with Crippen molar-refractivity contribution in [1.29, 1.82) is 0 Å². The molecule has 0 aliphatic carbocycles. The standard InChI is InChI=1S/C11H15BrFNO/c1-2-8(14)6-11(15)9-4-3-7(12)5-10(9)13/h3-5,8,11,15H,2,6,14H2,1H3. The molecule has 4 heteroatoms. The summed E-state index contributed by atoms with van der Waals surface area (Å²) in [6, 6.07) is 4.53. The van der Waals surface area contributed by atoms with Gasteiger partial charge in [-0.1, -0.05) is 28.9 Å². The number of hydrogen-bond donors (Lipinski definition) is 2. The first-order valence-corrected chi connectivity index (χ1v) is 5.72. The maximum atomic E-state index is 13.4. The van der Waals surface area contributed by atoms with Crippen molar-refractivity contribution in [1.82, 2.24) is 0 Å². The molecule has 0 spiro atoms. The minimum absolute atomic E-state index is 0.0944. The fraction of sp³-hybridized carbons (Fsp3) is 0.455. The maximum absolute atomic E-state index is 13.4. The van der Waals surface area contributed by atoms with Crippen LogP contribution in [-0.2, 0) is 0 Å². The molecule has 2 nitrogen and oxygen atoms in total. The van der Waals surface area contributed by atoms with Crippen LogP contribution in [0.2, 0.25) is 0 Å². The van der Waals surface area contributed by atoms with Gasteiger partial charge in [0, 0.05) is 16.1 Å². The van der Waals surface area contributed by atoms with Crippen LogP contribution in [0.15, 0.2) is 22.7 Å². The lowest BCUT2D eigenvalue weighted by atomic mass is 10.0. The van der Waals surface area contributed by atoms with Crippen LogP contribution in [0.4, 0.5) is 4.39 Å². The van der Waals surface area contributed by atoms with Crippen molar-refractivity contribution in [3.63, 3.8) is 0 Å². The summed E-state index contributed by atoms with van der Waals surface area (Å²) in [5.74, 6) is -0.403. The monoisotopic (exact) mass is 275 g/mol. The Hall–Kier alpha value is -0.450. The van der Waals surface area contributed by atoms with Crippen LogP contribution in [0, 0.1) is 5.82 Å².